The van der Waals surface area contributed by atoms with Gasteiger partial charge in [0.05, 0.1) is 0 Å². The van der Waals surface area contributed by atoms with E-state index >= 15 is 0 Å². The number of aromatic hydroxyl groups is 2. The second-order valence-electron chi connectivity index (χ2n) is 20.7. The van der Waals surface area contributed by atoms with Gasteiger partial charge < -0.3 is 19.7 Å². The molecule has 0 aromatic heterocycles. The minimum atomic E-state index is -0.466. The van der Waals surface area contributed by atoms with Crippen LogP contribution in [0.25, 0.3) is 39.0 Å². The van der Waals surface area contributed by atoms with Crippen molar-refractivity contribution in [3.63, 3.8) is 0 Å². The molecule has 0 heterocycles. The molecule has 0 spiro atoms. The maximum absolute atomic E-state index is 12.4. The fraction of sp³-hybridized carbons (Fsp3) is 0.419. The van der Waals surface area contributed by atoms with Crippen LogP contribution < -0.4 is 9.47 Å². The lowest BCUT2D eigenvalue weighted by Gasteiger charge is -2.38. The molecule has 0 saturated heterocycles. The molecule has 5 aromatic rings. The number of phenols is 2. The van der Waals surface area contributed by atoms with Crippen LogP contribution in [-0.4, -0.2) is 22.4 Å². The minimum Gasteiger partial charge on any atom is -0.507 e. The summed E-state index contributed by atoms with van der Waals surface area (Å²) < 4.78 is 14.0. The van der Waals surface area contributed by atoms with E-state index < -0.39 is 5.41 Å². The van der Waals surface area contributed by atoms with Gasteiger partial charge in [-0.2, -0.15) is 0 Å². The largest absolute Gasteiger partial charge is 0.507 e. The van der Waals surface area contributed by atoms with Crippen molar-refractivity contribution < 1.29 is 19.7 Å². The van der Waals surface area contributed by atoms with E-state index in [-0.39, 0.29) is 18.0 Å². The maximum atomic E-state index is 12.4. The van der Waals surface area contributed by atoms with Crippen LogP contribution in [0, 0.1) is 19.3 Å². The molecule has 1 fully saturated rings. The second kappa shape index (κ2) is 19.4. The van der Waals surface area contributed by atoms with Gasteiger partial charge in [0.2, 0.25) is 0 Å². The second-order valence-corrected chi connectivity index (χ2v) is 20.7. The summed E-state index contributed by atoms with van der Waals surface area (Å²) in [5, 5.41) is 24.9. The molecular weight excluding hydrogens is 809 g/mol. The van der Waals surface area contributed by atoms with Crippen LogP contribution in [0.2, 0.25) is 0 Å². The van der Waals surface area contributed by atoms with Crippen LogP contribution >= 0.6 is 0 Å². The normalized spacial score (nSPS) is 19.7. The molecule has 4 heteroatoms. The Balaban J connectivity index is 1.02. The zero-order valence-corrected chi connectivity index (χ0v) is 40.7. The fourth-order valence-corrected chi connectivity index (χ4v) is 11.5. The van der Waals surface area contributed by atoms with Crippen LogP contribution in [-0.2, 0) is 25.7 Å². The highest BCUT2D eigenvalue weighted by Gasteiger charge is 2.37. The fourth-order valence-electron chi connectivity index (χ4n) is 11.5. The molecule has 4 nitrogen and oxygen atoms in total. The predicted octanol–water partition coefficient (Wildman–Crippen LogP) is 16.5. The molecule has 344 valence electrons. The summed E-state index contributed by atoms with van der Waals surface area (Å²) in [6.07, 6.45) is 21.2. The molecule has 0 aliphatic heterocycles. The van der Waals surface area contributed by atoms with Crippen molar-refractivity contribution in [1.29, 1.82) is 0 Å². The Morgan fingerprint density at radius 2 is 1.02 bits per heavy atom. The van der Waals surface area contributed by atoms with Crippen LogP contribution in [0.3, 0.4) is 0 Å². The van der Waals surface area contributed by atoms with Gasteiger partial charge in [0, 0.05) is 38.8 Å². The molecule has 0 radical (unpaired) electrons. The molecule has 5 aromatic carbocycles. The quantitative estimate of drug-likeness (QED) is 0.147. The van der Waals surface area contributed by atoms with Gasteiger partial charge in [-0.3, -0.25) is 0 Å². The monoisotopic (exact) mass is 881 g/mol. The van der Waals surface area contributed by atoms with E-state index in [9.17, 15) is 10.2 Å². The molecular formula is C62H72O4. The van der Waals surface area contributed by atoms with Gasteiger partial charge in [0.25, 0.3) is 0 Å². The number of aryl methyl sites for hydroxylation is 4. The van der Waals surface area contributed by atoms with E-state index in [2.05, 4.69) is 96.7 Å². The van der Waals surface area contributed by atoms with Gasteiger partial charge in [-0.05, 0) is 228 Å². The number of rotatable bonds is 10. The SMILES string of the molecule is C=C1CCCCC/C=C2/CCCC/C2=C/1c1cc(C)cc(-c2ccccc2OC(C)C(C)(C)[C@H](C)Oc2ccccc2-c2cc(C)cc(-c3c4c(cc5c3CCCC5)CCCC4)c2O)c1O. The highest BCUT2D eigenvalue weighted by Crippen LogP contribution is 2.50. The van der Waals surface area contributed by atoms with Crippen molar-refractivity contribution in [3.8, 4) is 56.4 Å². The summed E-state index contributed by atoms with van der Waals surface area (Å²) >= 11 is 0. The van der Waals surface area contributed by atoms with E-state index in [1.54, 1.807) is 0 Å². The van der Waals surface area contributed by atoms with Crippen molar-refractivity contribution in [3.05, 3.63) is 147 Å². The standard InChI is InChI=1S/C62H72O4/c1-39-34-52(60(63)54(36-39)58-41(3)22-10-8-9-11-23-44-24-12-15-27-47(44)58)50-30-18-20-32-56(50)65-42(4)62(6,7)43(5)66-57-33-21-19-31-51(57)53-35-40(2)37-55(61(53)64)59-48-28-16-13-25-45(48)38-46-26-14-17-29-49(46)59/h18-21,23,30-38,42-43,63-64H,3,8-17,22,24-29H2,1-2,4-7H3/b44-23-,58-47+/t42?,43-/m0/s1. The van der Waals surface area contributed by atoms with E-state index in [0.717, 1.165) is 131 Å². The van der Waals surface area contributed by atoms with Crippen molar-refractivity contribution in [1.82, 2.24) is 0 Å². The van der Waals surface area contributed by atoms with E-state index in [1.165, 1.54) is 83.9 Å². The molecule has 2 atom stereocenters. The molecule has 1 unspecified atom stereocenters. The lowest BCUT2D eigenvalue weighted by atomic mass is 9.76. The molecule has 66 heavy (non-hydrogen) atoms. The number of benzene rings is 5. The van der Waals surface area contributed by atoms with Crippen molar-refractivity contribution >= 4 is 5.57 Å². The number of hydrogen-bond acceptors (Lipinski definition) is 4. The number of para-hydroxylation sites is 2. The van der Waals surface area contributed by atoms with E-state index in [1.807, 2.05) is 36.4 Å². The molecule has 0 amide bonds. The minimum absolute atomic E-state index is 0.274. The number of hydrogen-bond donors (Lipinski definition) is 2. The molecule has 1 saturated carbocycles. The highest BCUT2D eigenvalue weighted by molar-refractivity contribution is 5.91. The first-order chi connectivity index (χ1) is 31.9. The Morgan fingerprint density at radius 1 is 0.530 bits per heavy atom. The molecule has 4 aliphatic carbocycles. The first-order valence-corrected chi connectivity index (χ1v) is 25.4. The van der Waals surface area contributed by atoms with Gasteiger partial charge in [-0.1, -0.05) is 75.4 Å². The average Bonchev–Trinajstić information content (AvgIpc) is 3.32. The van der Waals surface area contributed by atoms with Crippen LogP contribution in [0.15, 0.2) is 108 Å². The molecule has 4 aliphatic rings. The number of ether oxygens (including phenoxy) is 2. The predicted molar refractivity (Wildman–Crippen MR) is 275 cm³/mol. The summed E-state index contributed by atoms with van der Waals surface area (Å²) in [6.45, 7) is 17.6. The summed E-state index contributed by atoms with van der Waals surface area (Å²) in [7, 11) is 0. The zero-order valence-electron chi connectivity index (χ0n) is 40.7. The van der Waals surface area contributed by atoms with Gasteiger partial charge >= 0.3 is 0 Å². The smallest absolute Gasteiger partial charge is 0.131 e. The molecule has 2 N–H and O–H groups in total. The first-order valence-electron chi connectivity index (χ1n) is 25.4. The number of phenolic OH excluding ortho intramolecular Hbond substituents is 2. The average molecular weight is 881 g/mol. The molecule has 9 rings (SSSR count). The van der Waals surface area contributed by atoms with Crippen LogP contribution in [0.5, 0.6) is 23.0 Å². The Hall–Kier alpha value is -5.48. The van der Waals surface area contributed by atoms with Crippen molar-refractivity contribution in [2.45, 2.75) is 163 Å². The van der Waals surface area contributed by atoms with Gasteiger partial charge in [-0.15, -0.1) is 0 Å². The first kappa shape index (κ1) is 45.7. The van der Waals surface area contributed by atoms with E-state index in [0.29, 0.717) is 5.75 Å². The van der Waals surface area contributed by atoms with Gasteiger partial charge in [-0.25, -0.2) is 0 Å². The lowest BCUT2D eigenvalue weighted by Crippen LogP contribution is -2.43. The van der Waals surface area contributed by atoms with Crippen LogP contribution in [0.4, 0.5) is 0 Å². The Bertz CT molecular complexity index is 2670. The Labute approximate surface area is 395 Å². The number of allylic oxidation sites excluding steroid dienone is 5. The number of fused-ring (bicyclic) bond motifs is 3. The molecule has 0 bridgehead atoms. The third-order valence-corrected chi connectivity index (χ3v) is 15.8. The summed E-state index contributed by atoms with van der Waals surface area (Å²) in [5.74, 6) is 2.08. The Kier molecular flexibility index (Phi) is 13.4. The third-order valence-electron chi connectivity index (χ3n) is 15.8. The highest BCUT2D eigenvalue weighted by atomic mass is 16.5. The summed E-state index contributed by atoms with van der Waals surface area (Å²) in [5.41, 5.74) is 19.2. The zero-order chi connectivity index (χ0) is 46.1. The maximum Gasteiger partial charge on any atom is 0.131 e. The van der Waals surface area contributed by atoms with Crippen molar-refractivity contribution in [2.24, 2.45) is 5.41 Å². The summed E-state index contributed by atoms with van der Waals surface area (Å²) in [4.78, 5) is 0. The lowest BCUT2D eigenvalue weighted by molar-refractivity contribution is -0.00280. The van der Waals surface area contributed by atoms with Crippen LogP contribution in [0.1, 0.15) is 150 Å². The topological polar surface area (TPSA) is 58.9 Å². The van der Waals surface area contributed by atoms with Gasteiger partial charge in [0.15, 0.2) is 0 Å². The summed E-state index contributed by atoms with van der Waals surface area (Å²) in [6, 6.07) is 27.4. The van der Waals surface area contributed by atoms with E-state index in [4.69, 9.17) is 9.47 Å². The van der Waals surface area contributed by atoms with Crippen molar-refractivity contribution in [2.75, 3.05) is 0 Å². The Morgan fingerprint density at radius 3 is 1.62 bits per heavy atom. The third kappa shape index (κ3) is 9.02. The van der Waals surface area contributed by atoms with Gasteiger partial charge in [0.1, 0.15) is 35.2 Å².